The summed E-state index contributed by atoms with van der Waals surface area (Å²) in [7, 11) is 0. The van der Waals surface area contributed by atoms with E-state index < -0.39 is 0 Å². The molecule has 12 heavy (non-hydrogen) atoms. The number of carbonyl (C=O) groups excluding carboxylic acids is 2. The summed E-state index contributed by atoms with van der Waals surface area (Å²) in [6.45, 7) is 3.05. The molecule has 0 aliphatic rings. The topological polar surface area (TPSA) is 52.6 Å². The first-order valence-corrected chi connectivity index (χ1v) is 4.02. The van der Waals surface area contributed by atoms with E-state index in [9.17, 15) is 9.59 Å². The molecule has 0 saturated carbocycles. The predicted molar refractivity (Wildman–Crippen MR) is 42.5 cm³/mol. The molecule has 0 aromatic heterocycles. The normalized spacial score (nSPS) is 9.08. The number of rotatable bonds is 7. The lowest BCUT2D eigenvalue weighted by Gasteiger charge is -2.01. The van der Waals surface area contributed by atoms with Crippen molar-refractivity contribution in [3.8, 4) is 0 Å². The van der Waals surface area contributed by atoms with Crippen molar-refractivity contribution in [3.63, 3.8) is 0 Å². The average molecular weight is 174 g/mol. The molecular formula is C8H14O4. The smallest absolute Gasteiger partial charge is 0.305 e. The van der Waals surface area contributed by atoms with Gasteiger partial charge in [0.1, 0.15) is 0 Å². The molecule has 0 N–H and O–H groups in total. The summed E-state index contributed by atoms with van der Waals surface area (Å²) >= 11 is 0. The van der Waals surface area contributed by atoms with Crippen LogP contribution in [-0.2, 0) is 19.1 Å². The second-order valence-electron chi connectivity index (χ2n) is 2.29. The molecule has 0 radical (unpaired) electrons. The summed E-state index contributed by atoms with van der Waals surface area (Å²) in [4.78, 5) is 20.5. The highest BCUT2D eigenvalue weighted by Gasteiger charge is 2.00. The Balaban J connectivity index is 3.13. The van der Waals surface area contributed by atoms with Crippen molar-refractivity contribution >= 4 is 12.4 Å². The fourth-order valence-electron chi connectivity index (χ4n) is 0.636. The van der Waals surface area contributed by atoms with Gasteiger partial charge in [0.2, 0.25) is 0 Å². The average Bonchev–Trinajstić information content (AvgIpc) is 2.09. The number of carbonyl (C=O) groups is 2. The molecule has 4 heteroatoms. The molecule has 70 valence electrons. The van der Waals surface area contributed by atoms with Crippen LogP contribution < -0.4 is 0 Å². The van der Waals surface area contributed by atoms with Crippen LogP contribution in [0.4, 0.5) is 0 Å². The molecule has 0 heterocycles. The maximum atomic E-state index is 10.8. The third-order valence-electron chi connectivity index (χ3n) is 1.18. The molecule has 0 spiro atoms. The Hall–Kier alpha value is -1.06. The summed E-state index contributed by atoms with van der Waals surface area (Å²) < 4.78 is 9.19. The summed E-state index contributed by atoms with van der Waals surface area (Å²) in [5.41, 5.74) is 0. The Morgan fingerprint density at radius 1 is 1.42 bits per heavy atom. The molecule has 0 aliphatic heterocycles. The fourth-order valence-corrected chi connectivity index (χ4v) is 0.636. The molecular weight excluding hydrogens is 160 g/mol. The maximum absolute atomic E-state index is 10.8. The van der Waals surface area contributed by atoms with E-state index >= 15 is 0 Å². The van der Waals surface area contributed by atoms with Gasteiger partial charge < -0.3 is 9.47 Å². The first-order chi connectivity index (χ1) is 5.81. The molecule has 0 bridgehead atoms. The lowest BCUT2D eigenvalue weighted by Crippen LogP contribution is -2.06. The molecule has 0 saturated heterocycles. The van der Waals surface area contributed by atoms with Gasteiger partial charge in [0.05, 0.1) is 13.2 Å². The zero-order valence-electron chi connectivity index (χ0n) is 7.25. The minimum Gasteiger partial charge on any atom is -0.468 e. The molecule has 0 aromatic rings. The van der Waals surface area contributed by atoms with Gasteiger partial charge in [-0.15, -0.1) is 0 Å². The first-order valence-electron chi connectivity index (χ1n) is 4.02. The zero-order chi connectivity index (χ0) is 9.23. The minimum atomic E-state index is -0.230. The van der Waals surface area contributed by atoms with Crippen molar-refractivity contribution in [3.05, 3.63) is 0 Å². The van der Waals surface area contributed by atoms with E-state index in [-0.39, 0.29) is 12.6 Å². The Bertz CT molecular complexity index is 133. The maximum Gasteiger partial charge on any atom is 0.305 e. The van der Waals surface area contributed by atoms with Crippen LogP contribution in [0.1, 0.15) is 26.2 Å². The molecule has 0 atom stereocenters. The zero-order valence-corrected chi connectivity index (χ0v) is 7.25. The Labute approximate surface area is 71.8 Å². The van der Waals surface area contributed by atoms with E-state index in [0.717, 1.165) is 6.42 Å². The predicted octanol–water partition coefficient (Wildman–Crippen LogP) is 0.893. The lowest BCUT2D eigenvalue weighted by molar-refractivity contribution is -0.144. The summed E-state index contributed by atoms with van der Waals surface area (Å²) in [5, 5.41) is 0. The summed E-state index contributed by atoms with van der Waals surface area (Å²) in [6, 6.07) is 0. The van der Waals surface area contributed by atoms with Crippen LogP contribution in [0, 0.1) is 0 Å². The second kappa shape index (κ2) is 8.04. The van der Waals surface area contributed by atoms with E-state index in [1.807, 2.05) is 6.92 Å². The van der Waals surface area contributed by atoms with Crippen LogP contribution in [0.3, 0.4) is 0 Å². The Morgan fingerprint density at radius 3 is 2.75 bits per heavy atom. The Morgan fingerprint density at radius 2 is 2.17 bits per heavy atom. The van der Waals surface area contributed by atoms with E-state index in [1.165, 1.54) is 0 Å². The highest BCUT2D eigenvalue weighted by Crippen LogP contribution is 1.93. The molecule has 0 fully saturated rings. The van der Waals surface area contributed by atoms with Gasteiger partial charge in [0.15, 0.2) is 0 Å². The Kier molecular flexibility index (Phi) is 7.33. The third kappa shape index (κ3) is 7.05. The highest BCUT2D eigenvalue weighted by molar-refractivity contribution is 5.69. The highest BCUT2D eigenvalue weighted by atomic mass is 16.5. The van der Waals surface area contributed by atoms with Crippen molar-refractivity contribution in [1.29, 1.82) is 0 Å². The second-order valence-corrected chi connectivity index (χ2v) is 2.29. The molecule has 0 aromatic carbocycles. The van der Waals surface area contributed by atoms with E-state index in [1.54, 1.807) is 0 Å². The first kappa shape index (κ1) is 10.9. The molecule has 0 aliphatic carbocycles. The molecule has 0 rings (SSSR count). The molecule has 0 amide bonds. The standard InChI is InChI=1S/C8H14O4/c1-2-5-12-8(10)4-3-6-11-7-9/h7H,2-6H2,1H3. The van der Waals surface area contributed by atoms with Crippen LogP contribution in [0.2, 0.25) is 0 Å². The monoisotopic (exact) mass is 174 g/mol. The summed E-state index contributed by atoms with van der Waals surface area (Å²) in [5.74, 6) is -0.230. The van der Waals surface area contributed by atoms with Crippen molar-refractivity contribution in [2.45, 2.75) is 26.2 Å². The quantitative estimate of drug-likeness (QED) is 0.327. The summed E-state index contributed by atoms with van der Waals surface area (Å²) in [6.07, 6.45) is 1.67. The van der Waals surface area contributed by atoms with Gasteiger partial charge in [-0.25, -0.2) is 0 Å². The van der Waals surface area contributed by atoms with Crippen LogP contribution in [0.5, 0.6) is 0 Å². The van der Waals surface area contributed by atoms with E-state index in [0.29, 0.717) is 25.9 Å². The van der Waals surface area contributed by atoms with Gasteiger partial charge >= 0.3 is 5.97 Å². The number of hydrogen-bond donors (Lipinski definition) is 0. The largest absolute Gasteiger partial charge is 0.468 e. The molecule has 0 unspecified atom stereocenters. The minimum absolute atomic E-state index is 0.230. The fraction of sp³-hybridized carbons (Fsp3) is 0.750. The SMILES string of the molecule is CCCOC(=O)CCCOC=O. The third-order valence-corrected chi connectivity index (χ3v) is 1.18. The number of hydrogen-bond acceptors (Lipinski definition) is 4. The lowest BCUT2D eigenvalue weighted by atomic mass is 10.3. The van der Waals surface area contributed by atoms with Crippen molar-refractivity contribution in [2.75, 3.05) is 13.2 Å². The van der Waals surface area contributed by atoms with Gasteiger partial charge in [-0.1, -0.05) is 6.92 Å². The number of esters is 1. The van der Waals surface area contributed by atoms with Crippen LogP contribution >= 0.6 is 0 Å². The van der Waals surface area contributed by atoms with Gasteiger partial charge in [-0.05, 0) is 12.8 Å². The molecule has 4 nitrogen and oxygen atoms in total. The van der Waals surface area contributed by atoms with Crippen LogP contribution in [0.25, 0.3) is 0 Å². The van der Waals surface area contributed by atoms with Gasteiger partial charge in [0, 0.05) is 6.42 Å². The van der Waals surface area contributed by atoms with E-state index in [2.05, 4.69) is 4.74 Å². The van der Waals surface area contributed by atoms with Crippen molar-refractivity contribution in [1.82, 2.24) is 0 Å². The van der Waals surface area contributed by atoms with Crippen molar-refractivity contribution in [2.24, 2.45) is 0 Å². The number of ether oxygens (including phenoxy) is 2. The van der Waals surface area contributed by atoms with Crippen molar-refractivity contribution < 1.29 is 19.1 Å². The van der Waals surface area contributed by atoms with E-state index in [4.69, 9.17) is 4.74 Å². The van der Waals surface area contributed by atoms with Gasteiger partial charge in [-0.2, -0.15) is 0 Å². The van der Waals surface area contributed by atoms with Gasteiger partial charge in [0.25, 0.3) is 6.47 Å². The van der Waals surface area contributed by atoms with Crippen LogP contribution in [-0.4, -0.2) is 25.7 Å². The van der Waals surface area contributed by atoms with Crippen LogP contribution in [0.15, 0.2) is 0 Å². The van der Waals surface area contributed by atoms with Gasteiger partial charge in [-0.3, -0.25) is 9.59 Å².